The lowest BCUT2D eigenvalue weighted by molar-refractivity contribution is 0.163. The maximum atomic E-state index is 8.86. The maximum Gasteiger partial charge on any atom is 0.0459 e. The number of hydrogen-bond acceptors (Lipinski definition) is 2. The van der Waals surface area contributed by atoms with Crippen LogP contribution in [-0.4, -0.2) is 18.3 Å². The number of rotatable bonds is 2. The molecule has 0 heterocycles. The van der Waals surface area contributed by atoms with Gasteiger partial charge in [0.2, 0.25) is 0 Å². The summed E-state index contributed by atoms with van der Waals surface area (Å²) < 4.78 is 0. The molecule has 0 amide bonds. The molecule has 0 aromatic carbocycles. The van der Waals surface area contributed by atoms with Crippen LogP contribution in [0.25, 0.3) is 0 Å². The van der Waals surface area contributed by atoms with E-state index in [2.05, 4.69) is 0 Å². The monoisotopic (exact) mass is 143 g/mol. The summed E-state index contributed by atoms with van der Waals surface area (Å²) in [7, 11) is 0. The summed E-state index contributed by atoms with van der Waals surface area (Å²) in [5, 5.41) is 8.86. The van der Waals surface area contributed by atoms with Crippen molar-refractivity contribution in [2.75, 3.05) is 13.2 Å². The van der Waals surface area contributed by atoms with Crippen LogP contribution in [0.4, 0.5) is 0 Å². The number of nitrogens with two attached hydrogens (primary N) is 1. The van der Waals surface area contributed by atoms with Crippen LogP contribution in [0.3, 0.4) is 0 Å². The first kappa shape index (κ1) is 8.02. The minimum Gasteiger partial charge on any atom is -0.396 e. The zero-order chi connectivity index (χ0) is 7.40. The molecule has 1 saturated carbocycles. The molecule has 3 N–H and O–H groups in total. The third kappa shape index (κ3) is 1.96. The highest BCUT2D eigenvalue weighted by molar-refractivity contribution is 4.72. The van der Waals surface area contributed by atoms with Gasteiger partial charge in [0.15, 0.2) is 0 Å². The quantitative estimate of drug-likeness (QED) is 0.599. The van der Waals surface area contributed by atoms with Gasteiger partial charge in [0.25, 0.3) is 0 Å². The lowest BCUT2D eigenvalue weighted by atomic mass is 9.82. The van der Waals surface area contributed by atoms with E-state index in [-0.39, 0.29) is 0 Å². The Morgan fingerprint density at radius 1 is 1.30 bits per heavy atom. The van der Waals surface area contributed by atoms with E-state index in [0.29, 0.717) is 18.4 Å². The Bertz CT molecular complexity index is 85.3. The van der Waals surface area contributed by atoms with Crippen molar-refractivity contribution in [2.24, 2.45) is 17.6 Å². The van der Waals surface area contributed by atoms with E-state index in [0.717, 1.165) is 13.0 Å². The van der Waals surface area contributed by atoms with Gasteiger partial charge in [-0.2, -0.15) is 0 Å². The molecule has 0 aromatic rings. The third-order valence-electron chi connectivity index (χ3n) is 2.48. The molecule has 60 valence electrons. The van der Waals surface area contributed by atoms with Crippen molar-refractivity contribution in [1.82, 2.24) is 0 Å². The highest BCUT2D eigenvalue weighted by Gasteiger charge is 2.19. The minimum absolute atomic E-state index is 0.358. The predicted molar refractivity (Wildman–Crippen MR) is 41.6 cm³/mol. The van der Waals surface area contributed by atoms with Crippen molar-refractivity contribution in [3.8, 4) is 0 Å². The fourth-order valence-corrected chi connectivity index (χ4v) is 1.78. The van der Waals surface area contributed by atoms with Crippen LogP contribution < -0.4 is 5.73 Å². The second-order valence-corrected chi connectivity index (χ2v) is 3.32. The predicted octanol–water partition coefficient (Wildman–Crippen LogP) is 0.744. The number of hydrogen-bond donors (Lipinski definition) is 2. The molecule has 2 heteroatoms. The van der Waals surface area contributed by atoms with Gasteiger partial charge in [0.1, 0.15) is 0 Å². The Balaban J connectivity index is 2.25. The van der Waals surface area contributed by atoms with Crippen LogP contribution in [0.5, 0.6) is 0 Å². The molecule has 0 radical (unpaired) electrons. The van der Waals surface area contributed by atoms with Gasteiger partial charge in [-0.25, -0.2) is 0 Å². The molecule has 0 saturated heterocycles. The highest BCUT2D eigenvalue weighted by atomic mass is 16.3. The van der Waals surface area contributed by atoms with Gasteiger partial charge in [0, 0.05) is 6.61 Å². The zero-order valence-corrected chi connectivity index (χ0v) is 6.42. The van der Waals surface area contributed by atoms with Gasteiger partial charge in [-0.05, 0) is 37.6 Å². The number of aliphatic hydroxyl groups excluding tert-OH is 1. The van der Waals surface area contributed by atoms with Gasteiger partial charge < -0.3 is 10.8 Å². The summed E-state index contributed by atoms with van der Waals surface area (Å²) in [5.41, 5.74) is 5.54. The van der Waals surface area contributed by atoms with Crippen LogP contribution in [0.1, 0.15) is 25.7 Å². The molecule has 0 aliphatic heterocycles. The van der Waals surface area contributed by atoms with E-state index < -0.39 is 0 Å². The summed E-state index contributed by atoms with van der Waals surface area (Å²) in [5.74, 6) is 1.23. The van der Waals surface area contributed by atoms with Crippen LogP contribution in [0.15, 0.2) is 0 Å². The molecule has 0 aromatic heterocycles. The fraction of sp³-hybridized carbons (Fsp3) is 1.00. The zero-order valence-electron chi connectivity index (χ0n) is 6.42. The van der Waals surface area contributed by atoms with Crippen LogP contribution in [-0.2, 0) is 0 Å². The molecular weight excluding hydrogens is 126 g/mol. The molecule has 1 aliphatic rings. The first-order chi connectivity index (χ1) is 4.86. The van der Waals surface area contributed by atoms with E-state index >= 15 is 0 Å². The van der Waals surface area contributed by atoms with Crippen molar-refractivity contribution in [3.05, 3.63) is 0 Å². The minimum atomic E-state index is 0.358. The summed E-state index contributed by atoms with van der Waals surface area (Å²) in [4.78, 5) is 0. The summed E-state index contributed by atoms with van der Waals surface area (Å²) in [6.07, 6.45) is 4.88. The van der Waals surface area contributed by atoms with Gasteiger partial charge in [0.05, 0.1) is 0 Å². The molecule has 0 unspecified atom stereocenters. The van der Waals surface area contributed by atoms with Crippen molar-refractivity contribution in [3.63, 3.8) is 0 Å². The molecule has 2 nitrogen and oxygen atoms in total. The van der Waals surface area contributed by atoms with Crippen molar-refractivity contribution < 1.29 is 5.11 Å². The molecule has 0 bridgehead atoms. The molecule has 1 aliphatic carbocycles. The van der Waals surface area contributed by atoms with Crippen molar-refractivity contribution >= 4 is 0 Å². The van der Waals surface area contributed by atoms with E-state index in [9.17, 15) is 0 Å². The maximum absolute atomic E-state index is 8.86. The van der Waals surface area contributed by atoms with Gasteiger partial charge in [-0.15, -0.1) is 0 Å². The third-order valence-corrected chi connectivity index (χ3v) is 2.48. The molecule has 1 fully saturated rings. The van der Waals surface area contributed by atoms with Crippen LogP contribution in [0, 0.1) is 11.8 Å². The van der Waals surface area contributed by atoms with E-state index in [1.54, 1.807) is 0 Å². The van der Waals surface area contributed by atoms with Gasteiger partial charge >= 0.3 is 0 Å². The van der Waals surface area contributed by atoms with E-state index in [1.807, 2.05) is 0 Å². The van der Waals surface area contributed by atoms with E-state index in [4.69, 9.17) is 10.8 Å². The highest BCUT2D eigenvalue weighted by Crippen LogP contribution is 2.27. The standard InChI is InChI=1S/C8H17NO/c9-5-7-2-1-3-8(4-7)6-10/h7-8,10H,1-6,9H2/t7-,8+/m1/s1. The Morgan fingerprint density at radius 3 is 2.60 bits per heavy atom. The molecule has 2 atom stereocenters. The number of aliphatic hydroxyl groups is 1. The van der Waals surface area contributed by atoms with Crippen LogP contribution in [0.2, 0.25) is 0 Å². The first-order valence-electron chi connectivity index (χ1n) is 4.17. The Labute approximate surface area is 62.4 Å². The smallest absolute Gasteiger partial charge is 0.0459 e. The lowest BCUT2D eigenvalue weighted by Crippen LogP contribution is -2.24. The van der Waals surface area contributed by atoms with E-state index in [1.165, 1.54) is 19.3 Å². The average Bonchev–Trinajstić information content (AvgIpc) is 2.05. The van der Waals surface area contributed by atoms with Crippen molar-refractivity contribution in [1.29, 1.82) is 0 Å². The Morgan fingerprint density at radius 2 is 2.00 bits per heavy atom. The average molecular weight is 143 g/mol. The lowest BCUT2D eigenvalue weighted by Gasteiger charge is -2.26. The first-order valence-corrected chi connectivity index (χ1v) is 4.17. The molecule has 10 heavy (non-hydrogen) atoms. The summed E-state index contributed by atoms with van der Waals surface area (Å²) in [6.45, 7) is 1.16. The normalized spacial score (nSPS) is 34.2. The molecule has 1 rings (SSSR count). The largest absolute Gasteiger partial charge is 0.396 e. The molecule has 0 spiro atoms. The van der Waals surface area contributed by atoms with Crippen LogP contribution >= 0.6 is 0 Å². The van der Waals surface area contributed by atoms with Crippen molar-refractivity contribution in [2.45, 2.75) is 25.7 Å². The Kier molecular flexibility index (Phi) is 3.16. The summed E-state index contributed by atoms with van der Waals surface area (Å²) >= 11 is 0. The summed E-state index contributed by atoms with van der Waals surface area (Å²) in [6, 6.07) is 0. The second kappa shape index (κ2) is 3.94. The second-order valence-electron chi connectivity index (χ2n) is 3.32. The van der Waals surface area contributed by atoms with Gasteiger partial charge in [-0.1, -0.05) is 6.42 Å². The molecular formula is C8H17NO. The van der Waals surface area contributed by atoms with Gasteiger partial charge in [-0.3, -0.25) is 0 Å². The Hall–Kier alpha value is -0.0800. The SMILES string of the molecule is NC[C@@H]1CCC[C@H](CO)C1. The topological polar surface area (TPSA) is 46.2 Å². The fourth-order valence-electron chi connectivity index (χ4n) is 1.78.